The first-order valence-electron chi connectivity index (χ1n) is 14.4. The van der Waals surface area contributed by atoms with Crippen molar-refractivity contribution in [1.82, 2.24) is 0 Å². The second-order valence-electron chi connectivity index (χ2n) is 10.9. The summed E-state index contributed by atoms with van der Waals surface area (Å²) in [5.41, 5.74) is 8.86. The van der Waals surface area contributed by atoms with E-state index in [0.717, 1.165) is 42.4 Å². The first-order chi connectivity index (χ1) is 19.9. The molecule has 0 spiro atoms. The van der Waals surface area contributed by atoms with Crippen LogP contribution in [0, 0.1) is 29.0 Å². The number of nitriles is 1. The second kappa shape index (κ2) is 12.9. The topological polar surface area (TPSA) is 94.6 Å². The molecule has 0 amide bonds. The molecule has 1 heterocycles. The molecule has 7 heteroatoms. The van der Waals surface area contributed by atoms with E-state index < -0.39 is 5.92 Å². The highest BCUT2D eigenvalue weighted by atomic mass is 19.1. The fourth-order valence-corrected chi connectivity index (χ4v) is 5.75. The molecule has 1 fully saturated rings. The molecule has 1 aliphatic heterocycles. The van der Waals surface area contributed by atoms with Crippen molar-refractivity contribution in [2.45, 2.75) is 64.4 Å². The maximum atomic E-state index is 13.2. The summed E-state index contributed by atoms with van der Waals surface area (Å²) in [5.74, 6) is 1.07. The van der Waals surface area contributed by atoms with Crippen molar-refractivity contribution in [1.29, 1.82) is 5.26 Å². The van der Waals surface area contributed by atoms with Gasteiger partial charge in [0.25, 0.3) is 0 Å². The van der Waals surface area contributed by atoms with E-state index in [4.69, 9.17) is 19.9 Å². The molecule has 1 aliphatic carbocycles. The van der Waals surface area contributed by atoms with E-state index in [-0.39, 0.29) is 35.8 Å². The van der Waals surface area contributed by atoms with Gasteiger partial charge in [-0.15, -0.1) is 0 Å². The molecule has 3 aromatic rings. The molecular formula is C34H35FN2O4. The van der Waals surface area contributed by atoms with Gasteiger partial charge in [-0.2, -0.15) is 5.26 Å². The average Bonchev–Trinajstić information content (AvgIpc) is 2.99. The molecule has 6 nitrogen and oxygen atoms in total. The predicted molar refractivity (Wildman–Crippen MR) is 154 cm³/mol. The van der Waals surface area contributed by atoms with Crippen LogP contribution in [0.4, 0.5) is 4.39 Å². The molecule has 0 radical (unpaired) electrons. The van der Waals surface area contributed by atoms with Gasteiger partial charge in [0.15, 0.2) is 0 Å². The van der Waals surface area contributed by atoms with Crippen LogP contribution < -0.4 is 19.9 Å². The van der Waals surface area contributed by atoms with Gasteiger partial charge in [-0.05, 0) is 73.1 Å². The van der Waals surface area contributed by atoms with Gasteiger partial charge in [0.1, 0.15) is 41.3 Å². The lowest BCUT2D eigenvalue weighted by Gasteiger charge is -2.28. The summed E-state index contributed by atoms with van der Waals surface area (Å²) in [7, 11) is 0. The maximum absolute atomic E-state index is 13.2. The summed E-state index contributed by atoms with van der Waals surface area (Å²) in [6.07, 6.45) is 7.54. The Hall–Kier alpha value is -4.31. The number of ether oxygens (including phenoxy) is 3. The minimum absolute atomic E-state index is 0.0107. The SMILES string of the molecule is CCCCC1CCC(C(=O)Oc2ccc3c(c2)OC(N)=C(C#N)C3c2cccc(OCc3ccc(F)cc3)c2)CC1. The zero-order chi connectivity index (χ0) is 28.8. The Balaban J connectivity index is 1.31. The number of hydrogen-bond donors (Lipinski definition) is 1. The molecule has 2 aliphatic rings. The Morgan fingerprint density at radius 2 is 1.83 bits per heavy atom. The van der Waals surface area contributed by atoms with E-state index in [1.54, 1.807) is 24.3 Å². The molecule has 0 bridgehead atoms. The number of rotatable bonds is 9. The third-order valence-corrected chi connectivity index (χ3v) is 8.07. The zero-order valence-corrected chi connectivity index (χ0v) is 23.3. The van der Waals surface area contributed by atoms with Gasteiger partial charge in [-0.1, -0.05) is 56.5 Å². The van der Waals surface area contributed by atoms with Crippen molar-refractivity contribution in [2.75, 3.05) is 0 Å². The highest BCUT2D eigenvalue weighted by Gasteiger charge is 2.32. The maximum Gasteiger partial charge on any atom is 0.314 e. The van der Waals surface area contributed by atoms with Crippen molar-refractivity contribution in [3.05, 3.63) is 101 Å². The molecule has 1 atom stereocenters. The highest BCUT2D eigenvalue weighted by Crippen LogP contribution is 2.44. The molecule has 41 heavy (non-hydrogen) atoms. The molecule has 1 saturated carbocycles. The number of nitrogens with two attached hydrogens (primary N) is 1. The number of carbonyl (C=O) groups excluding carboxylic acids is 1. The van der Waals surface area contributed by atoms with Crippen molar-refractivity contribution in [3.8, 4) is 23.3 Å². The Kier molecular flexibility index (Phi) is 8.88. The number of benzene rings is 3. The van der Waals surface area contributed by atoms with Crippen LogP contribution in [0.3, 0.4) is 0 Å². The minimum Gasteiger partial charge on any atom is -0.489 e. The number of nitrogens with zero attached hydrogens (tertiary/aromatic N) is 1. The highest BCUT2D eigenvalue weighted by molar-refractivity contribution is 5.75. The summed E-state index contributed by atoms with van der Waals surface area (Å²) < 4.78 is 30.8. The van der Waals surface area contributed by atoms with E-state index in [0.29, 0.717) is 23.2 Å². The molecule has 5 rings (SSSR count). The zero-order valence-electron chi connectivity index (χ0n) is 23.3. The van der Waals surface area contributed by atoms with Gasteiger partial charge < -0.3 is 19.9 Å². The summed E-state index contributed by atoms with van der Waals surface area (Å²) in [6, 6.07) is 21.0. The summed E-state index contributed by atoms with van der Waals surface area (Å²) in [4.78, 5) is 13.0. The van der Waals surface area contributed by atoms with Crippen molar-refractivity contribution in [3.63, 3.8) is 0 Å². The first kappa shape index (κ1) is 28.2. The third kappa shape index (κ3) is 6.71. The lowest BCUT2D eigenvalue weighted by molar-refractivity contribution is -0.140. The van der Waals surface area contributed by atoms with Gasteiger partial charge >= 0.3 is 5.97 Å². The predicted octanol–water partition coefficient (Wildman–Crippen LogP) is 7.52. The minimum atomic E-state index is -0.485. The smallest absolute Gasteiger partial charge is 0.314 e. The summed E-state index contributed by atoms with van der Waals surface area (Å²) >= 11 is 0. The van der Waals surface area contributed by atoms with Crippen molar-refractivity contribution >= 4 is 5.97 Å². The Morgan fingerprint density at radius 1 is 1.05 bits per heavy atom. The number of esters is 1. The van der Waals surface area contributed by atoms with Crippen LogP contribution in [0.2, 0.25) is 0 Å². The van der Waals surface area contributed by atoms with E-state index in [2.05, 4.69) is 13.0 Å². The second-order valence-corrected chi connectivity index (χ2v) is 10.9. The standard InChI is InChI=1S/C34H35FN2O4/c1-2-3-5-22-8-12-24(13-9-22)34(38)40-28-16-17-29-31(19-28)41-33(37)30(20-36)32(29)25-6-4-7-27(18-25)39-21-23-10-14-26(35)15-11-23/h4,6-7,10-11,14-19,22,24,32H,2-3,5,8-9,12-13,21,37H2,1H3. The first-order valence-corrected chi connectivity index (χ1v) is 14.4. The van der Waals surface area contributed by atoms with Crippen LogP contribution in [0.1, 0.15) is 74.5 Å². The largest absolute Gasteiger partial charge is 0.489 e. The number of halogens is 1. The van der Waals surface area contributed by atoms with Crippen LogP contribution >= 0.6 is 0 Å². The molecule has 3 aromatic carbocycles. The van der Waals surface area contributed by atoms with Gasteiger partial charge in [0.2, 0.25) is 5.88 Å². The van der Waals surface area contributed by atoms with Gasteiger partial charge in [-0.25, -0.2) is 4.39 Å². The van der Waals surface area contributed by atoms with Gasteiger partial charge in [0.05, 0.1) is 11.8 Å². The monoisotopic (exact) mass is 554 g/mol. The van der Waals surface area contributed by atoms with E-state index in [1.807, 2.05) is 30.3 Å². The van der Waals surface area contributed by atoms with Crippen LogP contribution in [-0.2, 0) is 11.4 Å². The Bertz CT molecular complexity index is 1450. The molecule has 212 valence electrons. The van der Waals surface area contributed by atoms with Crippen molar-refractivity contribution < 1.29 is 23.4 Å². The normalized spacial score (nSPS) is 20.0. The number of fused-ring (bicyclic) bond motifs is 1. The number of hydrogen-bond acceptors (Lipinski definition) is 6. The van der Waals surface area contributed by atoms with Crippen LogP contribution in [0.5, 0.6) is 17.2 Å². The lowest BCUT2D eigenvalue weighted by Crippen LogP contribution is -2.26. The molecule has 2 N–H and O–H groups in total. The van der Waals surface area contributed by atoms with Crippen LogP contribution in [0.25, 0.3) is 0 Å². The summed E-state index contributed by atoms with van der Waals surface area (Å²) in [5, 5.41) is 9.95. The number of carbonyl (C=O) groups is 1. The summed E-state index contributed by atoms with van der Waals surface area (Å²) in [6.45, 7) is 2.48. The number of unbranched alkanes of at least 4 members (excludes halogenated alkanes) is 1. The van der Waals surface area contributed by atoms with Crippen molar-refractivity contribution in [2.24, 2.45) is 17.6 Å². The van der Waals surface area contributed by atoms with Gasteiger partial charge in [-0.3, -0.25) is 4.79 Å². The van der Waals surface area contributed by atoms with E-state index >= 15 is 0 Å². The fraction of sp³-hybridized carbons (Fsp3) is 0.353. The third-order valence-electron chi connectivity index (χ3n) is 8.07. The van der Waals surface area contributed by atoms with Crippen LogP contribution in [0.15, 0.2) is 78.2 Å². The molecule has 0 aromatic heterocycles. The molecular weight excluding hydrogens is 519 g/mol. The van der Waals surface area contributed by atoms with Gasteiger partial charge in [0, 0.05) is 11.6 Å². The Morgan fingerprint density at radius 3 is 2.56 bits per heavy atom. The number of allylic oxidation sites excluding steroid dienone is 1. The van der Waals surface area contributed by atoms with Crippen LogP contribution in [-0.4, -0.2) is 5.97 Å². The molecule has 1 unspecified atom stereocenters. The Labute approximate surface area is 240 Å². The van der Waals surface area contributed by atoms with E-state index in [1.165, 1.54) is 31.4 Å². The molecule has 0 saturated heterocycles. The quantitative estimate of drug-likeness (QED) is 0.217. The lowest BCUT2D eigenvalue weighted by atomic mass is 9.80. The average molecular weight is 555 g/mol. The van der Waals surface area contributed by atoms with E-state index in [9.17, 15) is 14.4 Å². The fourth-order valence-electron chi connectivity index (χ4n) is 5.75.